The SMILES string of the molecule is Cc1[nH]c(C(=O)O)c(C)c1C(=O)NC(C(N)=O)C(C)C. The summed E-state index contributed by atoms with van der Waals surface area (Å²) in [5.74, 6) is -2.44. The Hall–Kier alpha value is -2.31. The van der Waals surface area contributed by atoms with Crippen molar-refractivity contribution < 1.29 is 19.5 Å². The monoisotopic (exact) mass is 281 g/mol. The first-order chi connectivity index (χ1) is 9.16. The van der Waals surface area contributed by atoms with Crippen molar-refractivity contribution in [2.45, 2.75) is 33.7 Å². The Balaban J connectivity index is 3.10. The molecule has 1 atom stereocenters. The number of carboxylic acid groups (broad SMARTS) is 1. The summed E-state index contributed by atoms with van der Waals surface area (Å²) in [6, 6.07) is -0.801. The molecule has 1 aromatic rings. The molecule has 1 aromatic heterocycles. The Morgan fingerprint density at radius 2 is 1.80 bits per heavy atom. The summed E-state index contributed by atoms with van der Waals surface area (Å²) in [6.45, 7) is 6.66. The van der Waals surface area contributed by atoms with E-state index in [0.717, 1.165) is 0 Å². The molecule has 0 saturated heterocycles. The molecular formula is C13H19N3O4. The molecule has 1 rings (SSSR count). The van der Waals surface area contributed by atoms with Gasteiger partial charge in [0.2, 0.25) is 5.91 Å². The number of primary amides is 1. The normalized spacial score (nSPS) is 12.2. The fourth-order valence-corrected chi connectivity index (χ4v) is 2.08. The minimum absolute atomic E-state index is 0.0344. The molecule has 0 bridgehead atoms. The first-order valence-corrected chi connectivity index (χ1v) is 6.19. The van der Waals surface area contributed by atoms with Crippen LogP contribution in [0, 0.1) is 19.8 Å². The van der Waals surface area contributed by atoms with Gasteiger partial charge in [0, 0.05) is 5.69 Å². The second-order valence-corrected chi connectivity index (χ2v) is 5.03. The zero-order chi connectivity index (χ0) is 15.6. The molecule has 7 heteroatoms. The Morgan fingerprint density at radius 1 is 1.25 bits per heavy atom. The van der Waals surface area contributed by atoms with Gasteiger partial charge in [-0.1, -0.05) is 13.8 Å². The van der Waals surface area contributed by atoms with Gasteiger partial charge >= 0.3 is 5.97 Å². The molecule has 1 unspecified atom stereocenters. The molecule has 0 saturated carbocycles. The molecule has 0 aliphatic rings. The van der Waals surface area contributed by atoms with Crippen molar-refractivity contribution in [2.75, 3.05) is 0 Å². The molecule has 110 valence electrons. The van der Waals surface area contributed by atoms with Crippen LogP contribution in [0.1, 0.15) is 46.0 Å². The third-order valence-electron chi connectivity index (χ3n) is 3.14. The van der Waals surface area contributed by atoms with E-state index < -0.39 is 23.8 Å². The fraction of sp³-hybridized carbons (Fsp3) is 0.462. The highest BCUT2D eigenvalue weighted by atomic mass is 16.4. The van der Waals surface area contributed by atoms with E-state index in [2.05, 4.69) is 10.3 Å². The lowest BCUT2D eigenvalue weighted by Gasteiger charge is -2.19. The van der Waals surface area contributed by atoms with Crippen LogP contribution in [0.15, 0.2) is 0 Å². The second kappa shape index (κ2) is 5.77. The summed E-state index contributed by atoms with van der Waals surface area (Å²) in [5.41, 5.74) is 6.20. The van der Waals surface area contributed by atoms with Crippen LogP contribution >= 0.6 is 0 Å². The lowest BCUT2D eigenvalue weighted by Crippen LogP contribution is -2.47. The topological polar surface area (TPSA) is 125 Å². The van der Waals surface area contributed by atoms with Crippen molar-refractivity contribution in [1.82, 2.24) is 10.3 Å². The lowest BCUT2D eigenvalue weighted by molar-refractivity contribution is -0.120. The minimum Gasteiger partial charge on any atom is -0.477 e. The number of aromatic nitrogens is 1. The van der Waals surface area contributed by atoms with Gasteiger partial charge in [0.15, 0.2) is 0 Å². The molecule has 0 fully saturated rings. The summed E-state index contributed by atoms with van der Waals surface area (Å²) in [7, 11) is 0. The molecule has 1 heterocycles. The summed E-state index contributed by atoms with van der Waals surface area (Å²) in [5, 5.41) is 11.5. The number of carboxylic acids is 1. The van der Waals surface area contributed by atoms with Gasteiger partial charge in [0.05, 0.1) is 5.56 Å². The number of nitrogens with one attached hydrogen (secondary N) is 2. The number of aromatic amines is 1. The average molecular weight is 281 g/mol. The molecule has 0 aliphatic heterocycles. The Labute approximate surface area is 116 Å². The summed E-state index contributed by atoms with van der Waals surface area (Å²) < 4.78 is 0. The van der Waals surface area contributed by atoms with Crippen LogP contribution < -0.4 is 11.1 Å². The van der Waals surface area contributed by atoms with Crippen molar-refractivity contribution in [3.05, 3.63) is 22.5 Å². The number of hydrogen-bond acceptors (Lipinski definition) is 3. The van der Waals surface area contributed by atoms with Crippen LogP contribution in [0.4, 0.5) is 0 Å². The predicted octanol–water partition coefficient (Wildman–Crippen LogP) is 0.569. The molecular weight excluding hydrogens is 262 g/mol. The number of aromatic carboxylic acids is 1. The zero-order valence-electron chi connectivity index (χ0n) is 11.9. The number of carbonyl (C=O) groups is 3. The molecule has 0 radical (unpaired) electrons. The lowest BCUT2D eigenvalue weighted by atomic mass is 10.0. The van der Waals surface area contributed by atoms with Crippen molar-refractivity contribution in [3.8, 4) is 0 Å². The molecule has 0 spiro atoms. The zero-order valence-corrected chi connectivity index (χ0v) is 11.9. The van der Waals surface area contributed by atoms with Crippen LogP contribution in [0.3, 0.4) is 0 Å². The van der Waals surface area contributed by atoms with Crippen LogP contribution in [0.2, 0.25) is 0 Å². The van der Waals surface area contributed by atoms with Gasteiger partial charge in [-0.05, 0) is 25.3 Å². The summed E-state index contributed by atoms with van der Waals surface area (Å²) >= 11 is 0. The van der Waals surface area contributed by atoms with Crippen molar-refractivity contribution in [1.29, 1.82) is 0 Å². The first-order valence-electron chi connectivity index (χ1n) is 6.19. The number of hydrogen-bond donors (Lipinski definition) is 4. The smallest absolute Gasteiger partial charge is 0.352 e. The highest BCUT2D eigenvalue weighted by Gasteiger charge is 2.26. The number of rotatable bonds is 5. The van der Waals surface area contributed by atoms with E-state index in [-0.39, 0.29) is 17.2 Å². The van der Waals surface area contributed by atoms with E-state index in [1.54, 1.807) is 20.8 Å². The number of H-pyrrole nitrogens is 1. The van der Waals surface area contributed by atoms with Gasteiger partial charge in [-0.25, -0.2) is 4.79 Å². The van der Waals surface area contributed by atoms with E-state index >= 15 is 0 Å². The average Bonchev–Trinajstić information content (AvgIpc) is 2.60. The maximum atomic E-state index is 12.2. The maximum absolute atomic E-state index is 12.2. The molecule has 2 amide bonds. The second-order valence-electron chi connectivity index (χ2n) is 5.03. The molecule has 20 heavy (non-hydrogen) atoms. The number of carbonyl (C=O) groups excluding carboxylic acids is 2. The maximum Gasteiger partial charge on any atom is 0.352 e. The number of amides is 2. The van der Waals surface area contributed by atoms with Gasteiger partial charge in [-0.3, -0.25) is 9.59 Å². The van der Waals surface area contributed by atoms with Crippen molar-refractivity contribution in [3.63, 3.8) is 0 Å². The van der Waals surface area contributed by atoms with Gasteiger partial charge in [0.1, 0.15) is 11.7 Å². The van der Waals surface area contributed by atoms with Gasteiger partial charge in [0.25, 0.3) is 5.91 Å². The Kier molecular flexibility index (Phi) is 4.54. The first kappa shape index (κ1) is 15.7. The van der Waals surface area contributed by atoms with Crippen LogP contribution in [-0.4, -0.2) is 33.9 Å². The number of nitrogens with two attached hydrogens (primary N) is 1. The third kappa shape index (κ3) is 2.98. The predicted molar refractivity (Wildman–Crippen MR) is 72.5 cm³/mol. The quantitative estimate of drug-likeness (QED) is 0.629. The van der Waals surface area contributed by atoms with Gasteiger partial charge in [-0.2, -0.15) is 0 Å². The van der Waals surface area contributed by atoms with Gasteiger partial charge in [-0.15, -0.1) is 0 Å². The van der Waals surface area contributed by atoms with Gasteiger partial charge < -0.3 is 21.1 Å². The number of aryl methyl sites for hydroxylation is 1. The minimum atomic E-state index is -1.14. The highest BCUT2D eigenvalue weighted by Crippen LogP contribution is 2.18. The largest absolute Gasteiger partial charge is 0.477 e. The van der Waals surface area contributed by atoms with Crippen molar-refractivity contribution >= 4 is 17.8 Å². The molecule has 0 aromatic carbocycles. The van der Waals surface area contributed by atoms with Crippen LogP contribution in [-0.2, 0) is 4.79 Å². The van der Waals surface area contributed by atoms with Crippen LogP contribution in [0.5, 0.6) is 0 Å². The van der Waals surface area contributed by atoms with E-state index in [1.807, 2.05) is 0 Å². The summed E-state index contributed by atoms with van der Waals surface area (Å²) in [6.07, 6.45) is 0. The van der Waals surface area contributed by atoms with E-state index in [4.69, 9.17) is 10.8 Å². The van der Waals surface area contributed by atoms with E-state index in [9.17, 15) is 14.4 Å². The summed E-state index contributed by atoms with van der Waals surface area (Å²) in [4.78, 5) is 37.2. The van der Waals surface area contributed by atoms with E-state index in [0.29, 0.717) is 11.3 Å². The van der Waals surface area contributed by atoms with Crippen LogP contribution in [0.25, 0.3) is 0 Å². The van der Waals surface area contributed by atoms with E-state index in [1.165, 1.54) is 6.92 Å². The third-order valence-corrected chi connectivity index (χ3v) is 3.14. The molecule has 5 N–H and O–H groups in total. The Bertz CT molecular complexity index is 560. The van der Waals surface area contributed by atoms with Crippen molar-refractivity contribution in [2.24, 2.45) is 11.7 Å². The fourth-order valence-electron chi connectivity index (χ4n) is 2.08. The molecule has 0 aliphatic carbocycles. The highest BCUT2D eigenvalue weighted by molar-refractivity contribution is 6.02. The molecule has 7 nitrogen and oxygen atoms in total. The standard InChI is InChI=1S/C13H19N3O4/c1-5(2)9(11(14)17)16-12(18)8-6(3)10(13(19)20)15-7(8)4/h5,9,15H,1-4H3,(H2,14,17)(H,16,18)(H,19,20). The Morgan fingerprint density at radius 3 is 2.15 bits per heavy atom.